The predicted octanol–water partition coefficient (Wildman–Crippen LogP) is 3.62. The van der Waals surface area contributed by atoms with Crippen LogP contribution in [-0.2, 0) is 0 Å². The first kappa shape index (κ1) is 15.0. The number of anilines is 1. The molecule has 0 fully saturated rings. The number of nitro benzene ring substituents is 1. The molecule has 2 aromatic rings. The van der Waals surface area contributed by atoms with Crippen molar-refractivity contribution in [1.29, 1.82) is 0 Å². The fraction of sp³-hybridized carbons (Fsp3) is 0.0714. The van der Waals surface area contributed by atoms with Gasteiger partial charge in [0, 0.05) is 10.5 Å². The largest absolute Gasteiger partial charge is 0.505 e. The maximum atomic E-state index is 12.2. The second-order valence-corrected chi connectivity index (χ2v) is 5.22. The Morgan fingerprint density at radius 3 is 2.71 bits per heavy atom. The summed E-state index contributed by atoms with van der Waals surface area (Å²) in [5.41, 5.74) is 0.607. The fourth-order valence-corrected chi connectivity index (χ4v) is 2.23. The number of nitro groups is 1. The van der Waals surface area contributed by atoms with Crippen LogP contribution in [0.2, 0.25) is 0 Å². The molecule has 0 atom stereocenters. The summed E-state index contributed by atoms with van der Waals surface area (Å²) in [6.45, 7) is 1.83. The zero-order valence-electron chi connectivity index (χ0n) is 11.0. The van der Waals surface area contributed by atoms with Crippen molar-refractivity contribution in [2.45, 2.75) is 6.92 Å². The lowest BCUT2D eigenvalue weighted by Gasteiger charge is -2.09. The maximum Gasteiger partial charge on any atom is 0.296 e. The Balaban J connectivity index is 2.41. The van der Waals surface area contributed by atoms with E-state index in [1.807, 2.05) is 13.0 Å². The van der Waals surface area contributed by atoms with Crippen molar-refractivity contribution >= 4 is 33.2 Å². The van der Waals surface area contributed by atoms with E-state index in [0.29, 0.717) is 10.0 Å². The molecule has 0 aliphatic heterocycles. The van der Waals surface area contributed by atoms with Crippen molar-refractivity contribution in [3.05, 3.63) is 62.1 Å². The summed E-state index contributed by atoms with van der Waals surface area (Å²) >= 11 is 3.25. The monoisotopic (exact) mass is 350 g/mol. The number of hydrogen-bond donors (Lipinski definition) is 2. The molecule has 1 amide bonds. The smallest absolute Gasteiger partial charge is 0.296 e. The molecule has 0 spiro atoms. The predicted molar refractivity (Wildman–Crippen MR) is 81.6 cm³/mol. The second kappa shape index (κ2) is 5.92. The lowest BCUT2D eigenvalue weighted by Crippen LogP contribution is -2.14. The van der Waals surface area contributed by atoms with Gasteiger partial charge in [0.15, 0.2) is 5.69 Å². The SMILES string of the molecule is Cc1ccc(Br)c(C(=O)Nc2c(O)cccc2[N+](=O)[O-])c1. The Morgan fingerprint density at radius 2 is 2.05 bits per heavy atom. The van der Waals surface area contributed by atoms with Crippen LogP contribution in [0.3, 0.4) is 0 Å². The highest BCUT2D eigenvalue weighted by Crippen LogP contribution is 2.33. The molecule has 108 valence electrons. The molecule has 0 bridgehead atoms. The average Bonchev–Trinajstić information content (AvgIpc) is 2.43. The Morgan fingerprint density at radius 1 is 1.33 bits per heavy atom. The van der Waals surface area contributed by atoms with E-state index in [1.165, 1.54) is 18.2 Å². The molecule has 0 unspecified atom stereocenters. The molecule has 6 nitrogen and oxygen atoms in total. The van der Waals surface area contributed by atoms with Crippen molar-refractivity contribution in [3.63, 3.8) is 0 Å². The molecular formula is C14H11BrN2O4. The molecule has 0 radical (unpaired) electrons. The number of rotatable bonds is 3. The lowest BCUT2D eigenvalue weighted by atomic mass is 10.1. The summed E-state index contributed by atoms with van der Waals surface area (Å²) < 4.78 is 0.559. The zero-order valence-corrected chi connectivity index (χ0v) is 12.5. The number of benzene rings is 2. The van der Waals surface area contributed by atoms with Crippen LogP contribution in [0.15, 0.2) is 40.9 Å². The standard InChI is InChI=1S/C14H11BrN2O4/c1-8-5-6-10(15)9(7-8)14(19)16-13-11(17(20)21)3-2-4-12(13)18/h2-7,18H,1H3,(H,16,19). The van der Waals surface area contributed by atoms with Gasteiger partial charge in [-0.25, -0.2) is 0 Å². The molecule has 0 aliphatic carbocycles. The Labute approximate surface area is 128 Å². The molecule has 0 saturated heterocycles. The number of nitrogens with one attached hydrogen (secondary N) is 1. The average molecular weight is 351 g/mol. The van der Waals surface area contributed by atoms with Crippen LogP contribution in [0.4, 0.5) is 11.4 Å². The highest BCUT2D eigenvalue weighted by Gasteiger charge is 2.21. The van der Waals surface area contributed by atoms with Crippen molar-refractivity contribution < 1.29 is 14.8 Å². The summed E-state index contributed by atoms with van der Waals surface area (Å²) in [5, 5.41) is 23.1. The van der Waals surface area contributed by atoms with Crippen LogP contribution in [0.5, 0.6) is 5.75 Å². The van der Waals surface area contributed by atoms with Gasteiger partial charge < -0.3 is 10.4 Å². The first-order chi connectivity index (χ1) is 9.90. The van der Waals surface area contributed by atoms with E-state index >= 15 is 0 Å². The van der Waals surface area contributed by atoms with Crippen LogP contribution >= 0.6 is 15.9 Å². The maximum absolute atomic E-state index is 12.2. The molecule has 7 heteroatoms. The number of halogens is 1. The molecular weight excluding hydrogens is 340 g/mol. The van der Waals surface area contributed by atoms with E-state index in [2.05, 4.69) is 21.2 Å². The van der Waals surface area contributed by atoms with Crippen LogP contribution in [-0.4, -0.2) is 15.9 Å². The molecule has 2 rings (SSSR count). The van der Waals surface area contributed by atoms with Gasteiger partial charge in [-0.15, -0.1) is 0 Å². The van der Waals surface area contributed by atoms with Crippen molar-refractivity contribution in [2.24, 2.45) is 0 Å². The highest BCUT2D eigenvalue weighted by molar-refractivity contribution is 9.10. The molecule has 2 aromatic carbocycles. The number of amides is 1. The summed E-state index contributed by atoms with van der Waals surface area (Å²) in [6.07, 6.45) is 0. The molecule has 0 aliphatic rings. The summed E-state index contributed by atoms with van der Waals surface area (Å²) in [4.78, 5) is 22.5. The van der Waals surface area contributed by atoms with Crippen LogP contribution < -0.4 is 5.32 Å². The zero-order chi connectivity index (χ0) is 15.6. The number of carbonyl (C=O) groups is 1. The summed E-state index contributed by atoms with van der Waals surface area (Å²) in [5.74, 6) is -0.906. The Hall–Kier alpha value is -2.41. The molecule has 0 aromatic heterocycles. The van der Waals surface area contributed by atoms with Gasteiger partial charge in [0.2, 0.25) is 0 Å². The number of aryl methyl sites for hydroxylation is 1. The normalized spacial score (nSPS) is 10.2. The number of nitrogens with zero attached hydrogens (tertiary/aromatic N) is 1. The van der Waals surface area contributed by atoms with Gasteiger partial charge in [-0.05, 0) is 41.1 Å². The van der Waals surface area contributed by atoms with E-state index in [-0.39, 0.29) is 17.1 Å². The molecule has 2 N–H and O–H groups in total. The number of aromatic hydroxyl groups is 1. The molecule has 0 saturated carbocycles. The highest BCUT2D eigenvalue weighted by atomic mass is 79.9. The minimum atomic E-state index is -0.666. The fourth-order valence-electron chi connectivity index (χ4n) is 1.80. The van der Waals surface area contributed by atoms with Crippen molar-refractivity contribution in [3.8, 4) is 5.75 Å². The van der Waals surface area contributed by atoms with Gasteiger partial charge in [0.25, 0.3) is 11.6 Å². The van der Waals surface area contributed by atoms with Gasteiger partial charge in [0.1, 0.15) is 5.75 Å². The Kier molecular flexibility index (Phi) is 4.23. The second-order valence-electron chi connectivity index (χ2n) is 4.37. The van der Waals surface area contributed by atoms with E-state index in [0.717, 1.165) is 5.56 Å². The van der Waals surface area contributed by atoms with Gasteiger partial charge in [-0.1, -0.05) is 17.7 Å². The van der Waals surface area contributed by atoms with Gasteiger partial charge in [0.05, 0.1) is 10.5 Å². The van der Waals surface area contributed by atoms with Crippen LogP contribution in [0.25, 0.3) is 0 Å². The van der Waals surface area contributed by atoms with E-state index < -0.39 is 10.8 Å². The van der Waals surface area contributed by atoms with E-state index in [9.17, 15) is 20.0 Å². The Bertz CT molecular complexity index is 731. The number of hydrogen-bond acceptors (Lipinski definition) is 4. The van der Waals surface area contributed by atoms with E-state index in [1.54, 1.807) is 12.1 Å². The van der Waals surface area contributed by atoms with E-state index in [4.69, 9.17) is 0 Å². The number of para-hydroxylation sites is 1. The molecule has 21 heavy (non-hydrogen) atoms. The number of phenolic OH excluding ortho intramolecular Hbond substituents is 1. The van der Waals surface area contributed by atoms with Gasteiger partial charge in [-0.3, -0.25) is 14.9 Å². The van der Waals surface area contributed by atoms with Crippen molar-refractivity contribution in [2.75, 3.05) is 5.32 Å². The topological polar surface area (TPSA) is 92.5 Å². The number of phenols is 1. The quantitative estimate of drug-likeness (QED) is 0.502. The van der Waals surface area contributed by atoms with Crippen LogP contribution in [0, 0.1) is 17.0 Å². The summed E-state index contributed by atoms with van der Waals surface area (Å²) in [7, 11) is 0. The minimum Gasteiger partial charge on any atom is -0.505 e. The van der Waals surface area contributed by atoms with Crippen molar-refractivity contribution in [1.82, 2.24) is 0 Å². The van der Waals surface area contributed by atoms with Crippen LogP contribution in [0.1, 0.15) is 15.9 Å². The van der Waals surface area contributed by atoms with Gasteiger partial charge in [-0.2, -0.15) is 0 Å². The minimum absolute atomic E-state index is 0.221. The first-order valence-electron chi connectivity index (χ1n) is 5.94. The first-order valence-corrected chi connectivity index (χ1v) is 6.73. The molecule has 0 heterocycles. The van der Waals surface area contributed by atoms with Gasteiger partial charge >= 0.3 is 0 Å². The third-order valence-electron chi connectivity index (χ3n) is 2.82. The summed E-state index contributed by atoms with van der Waals surface area (Å²) in [6, 6.07) is 9.00. The third-order valence-corrected chi connectivity index (χ3v) is 3.51. The lowest BCUT2D eigenvalue weighted by molar-refractivity contribution is -0.384. The number of carbonyl (C=O) groups excluding carboxylic acids is 1. The third kappa shape index (κ3) is 3.19.